The smallest absolute Gasteiger partial charge is 0.420 e. The topological polar surface area (TPSA) is 89.7 Å². The van der Waals surface area contributed by atoms with E-state index in [4.69, 9.17) is 16.2 Å². The zero-order valence-corrected chi connectivity index (χ0v) is 21.4. The third-order valence-electron chi connectivity index (χ3n) is 5.57. The standard InChI is InChI=1S/C24H34BrN5O2/c1-15-11-17(12-16(2)21(15)29-9-7-28(6)8-10-29)20(26)13-18-19(25)14-30(22(18)27)23(31)32-24(3,4)5/h11-14H,7-10,26-27H2,1-6H3/b20-13-. The Morgan fingerprint density at radius 1 is 1.12 bits per heavy atom. The zero-order chi connectivity index (χ0) is 23.8. The second-order valence-corrected chi connectivity index (χ2v) is 10.3. The first-order valence-electron chi connectivity index (χ1n) is 10.8. The van der Waals surface area contributed by atoms with Crippen molar-refractivity contribution in [3.63, 3.8) is 0 Å². The molecule has 174 valence electrons. The number of rotatable bonds is 3. The lowest BCUT2D eigenvalue weighted by atomic mass is 10.00. The number of halogens is 1. The Kier molecular flexibility index (Phi) is 6.95. The van der Waals surface area contributed by atoms with Crippen LogP contribution in [0.5, 0.6) is 0 Å². The molecule has 1 saturated heterocycles. The Bertz CT molecular complexity index is 1020. The quantitative estimate of drug-likeness (QED) is 0.643. The van der Waals surface area contributed by atoms with Gasteiger partial charge in [0.15, 0.2) is 0 Å². The van der Waals surface area contributed by atoms with Crippen LogP contribution in [0.3, 0.4) is 0 Å². The van der Waals surface area contributed by atoms with Gasteiger partial charge in [-0.3, -0.25) is 0 Å². The van der Waals surface area contributed by atoms with E-state index in [0.717, 1.165) is 31.7 Å². The second-order valence-electron chi connectivity index (χ2n) is 9.47. The number of ether oxygens (including phenoxy) is 1. The zero-order valence-electron chi connectivity index (χ0n) is 19.8. The van der Waals surface area contributed by atoms with E-state index in [0.29, 0.717) is 15.7 Å². The molecule has 1 fully saturated rings. The second kappa shape index (κ2) is 9.19. The fourth-order valence-corrected chi connectivity index (χ4v) is 4.52. The summed E-state index contributed by atoms with van der Waals surface area (Å²) in [5, 5.41) is 0. The van der Waals surface area contributed by atoms with Crippen LogP contribution in [0.1, 0.15) is 43.0 Å². The van der Waals surface area contributed by atoms with Crippen molar-refractivity contribution in [2.45, 2.75) is 40.2 Å². The highest BCUT2D eigenvalue weighted by atomic mass is 79.9. The van der Waals surface area contributed by atoms with Gasteiger partial charge in [-0.2, -0.15) is 0 Å². The van der Waals surface area contributed by atoms with E-state index >= 15 is 0 Å². The Morgan fingerprint density at radius 3 is 2.22 bits per heavy atom. The maximum Gasteiger partial charge on any atom is 0.420 e. The summed E-state index contributed by atoms with van der Waals surface area (Å²) in [5.74, 6) is 0.275. The van der Waals surface area contributed by atoms with Crippen molar-refractivity contribution < 1.29 is 9.53 Å². The highest BCUT2D eigenvalue weighted by Crippen LogP contribution is 2.32. The van der Waals surface area contributed by atoms with Gasteiger partial charge < -0.3 is 26.0 Å². The number of nitrogens with zero attached hydrogens (tertiary/aromatic N) is 3. The van der Waals surface area contributed by atoms with Crippen molar-refractivity contribution in [1.82, 2.24) is 9.47 Å². The fraction of sp³-hybridized carbons (Fsp3) is 0.458. The van der Waals surface area contributed by atoms with Gasteiger partial charge in [0.2, 0.25) is 0 Å². The average Bonchev–Trinajstić information content (AvgIpc) is 2.96. The van der Waals surface area contributed by atoms with Gasteiger partial charge in [-0.1, -0.05) is 0 Å². The molecule has 2 heterocycles. The third kappa shape index (κ3) is 5.30. The molecule has 0 atom stereocenters. The summed E-state index contributed by atoms with van der Waals surface area (Å²) < 4.78 is 7.40. The molecule has 8 heteroatoms. The molecule has 32 heavy (non-hydrogen) atoms. The van der Waals surface area contributed by atoms with Crippen LogP contribution in [0, 0.1) is 13.8 Å². The number of anilines is 2. The third-order valence-corrected chi connectivity index (χ3v) is 6.20. The van der Waals surface area contributed by atoms with Crippen molar-refractivity contribution in [3.05, 3.63) is 45.1 Å². The molecule has 7 nitrogen and oxygen atoms in total. The minimum Gasteiger partial charge on any atom is -0.443 e. The van der Waals surface area contributed by atoms with E-state index in [1.807, 2.05) is 20.8 Å². The number of hydrogen-bond donors (Lipinski definition) is 2. The average molecular weight is 504 g/mol. The van der Waals surface area contributed by atoms with Gasteiger partial charge in [-0.05, 0) is 92.5 Å². The molecule has 1 aromatic carbocycles. The molecule has 0 aliphatic carbocycles. The lowest BCUT2D eigenvalue weighted by molar-refractivity contribution is 0.0541. The van der Waals surface area contributed by atoms with E-state index in [2.05, 4.69) is 58.8 Å². The predicted molar refractivity (Wildman–Crippen MR) is 136 cm³/mol. The van der Waals surface area contributed by atoms with Crippen LogP contribution in [0.25, 0.3) is 11.8 Å². The van der Waals surface area contributed by atoms with Crippen molar-refractivity contribution in [2.24, 2.45) is 5.73 Å². The summed E-state index contributed by atoms with van der Waals surface area (Å²) in [4.78, 5) is 17.3. The number of hydrogen-bond acceptors (Lipinski definition) is 6. The summed E-state index contributed by atoms with van der Waals surface area (Å²) in [6, 6.07) is 4.23. The summed E-state index contributed by atoms with van der Waals surface area (Å²) in [6.07, 6.45) is 2.87. The number of nitrogens with two attached hydrogens (primary N) is 2. The summed E-state index contributed by atoms with van der Waals surface area (Å²) in [5.41, 5.74) is 17.9. The number of carbonyl (C=O) groups is 1. The van der Waals surface area contributed by atoms with E-state index in [1.165, 1.54) is 21.4 Å². The molecule has 0 unspecified atom stereocenters. The number of benzene rings is 1. The molecule has 1 aliphatic rings. The van der Waals surface area contributed by atoms with Crippen molar-refractivity contribution in [3.8, 4) is 0 Å². The molecule has 0 spiro atoms. The molecule has 4 N–H and O–H groups in total. The van der Waals surface area contributed by atoms with E-state index in [1.54, 1.807) is 12.3 Å². The number of piperazine rings is 1. The van der Waals surface area contributed by atoms with E-state index < -0.39 is 11.7 Å². The number of aromatic nitrogens is 1. The lowest BCUT2D eigenvalue weighted by Crippen LogP contribution is -2.45. The SMILES string of the molecule is Cc1cc(/C(N)=C/c2c(Br)cn(C(=O)OC(C)(C)C)c2N)cc(C)c1N1CCN(C)CC1. The van der Waals surface area contributed by atoms with Crippen LogP contribution in [-0.4, -0.2) is 54.4 Å². The lowest BCUT2D eigenvalue weighted by Gasteiger charge is -2.36. The maximum atomic E-state index is 12.5. The molecule has 0 saturated carbocycles. The minimum atomic E-state index is -0.615. The normalized spacial score (nSPS) is 15.8. The highest BCUT2D eigenvalue weighted by Gasteiger charge is 2.22. The first kappa shape index (κ1) is 24.2. The molecule has 0 amide bonds. The van der Waals surface area contributed by atoms with Gasteiger partial charge in [0.25, 0.3) is 0 Å². The van der Waals surface area contributed by atoms with Gasteiger partial charge >= 0.3 is 6.09 Å². The predicted octanol–water partition coefficient (Wildman–Crippen LogP) is 4.44. The van der Waals surface area contributed by atoms with Crippen LogP contribution in [0.15, 0.2) is 22.8 Å². The largest absolute Gasteiger partial charge is 0.443 e. The summed E-state index contributed by atoms with van der Waals surface area (Å²) >= 11 is 3.50. The Balaban J connectivity index is 1.90. The van der Waals surface area contributed by atoms with Gasteiger partial charge in [0, 0.05) is 53.8 Å². The fourth-order valence-electron chi connectivity index (χ4n) is 4.00. The Morgan fingerprint density at radius 2 is 1.69 bits per heavy atom. The summed E-state index contributed by atoms with van der Waals surface area (Å²) in [7, 11) is 2.16. The number of aryl methyl sites for hydroxylation is 2. The molecule has 2 aromatic rings. The van der Waals surface area contributed by atoms with Crippen molar-refractivity contribution >= 4 is 45.3 Å². The maximum absolute atomic E-state index is 12.5. The van der Waals surface area contributed by atoms with Gasteiger partial charge in [-0.25, -0.2) is 9.36 Å². The van der Waals surface area contributed by atoms with Crippen molar-refractivity contribution in [1.29, 1.82) is 0 Å². The van der Waals surface area contributed by atoms with Crippen molar-refractivity contribution in [2.75, 3.05) is 43.9 Å². The minimum absolute atomic E-state index is 0.275. The number of likely N-dealkylation sites (N-methyl/N-ethyl adjacent to an activating group) is 1. The van der Waals surface area contributed by atoms with E-state index in [9.17, 15) is 4.79 Å². The van der Waals surface area contributed by atoms with Gasteiger partial charge in [0.1, 0.15) is 11.4 Å². The molecule has 1 aliphatic heterocycles. The number of nitrogen functional groups attached to an aromatic ring is 1. The van der Waals surface area contributed by atoms with Crippen LogP contribution < -0.4 is 16.4 Å². The van der Waals surface area contributed by atoms with Crippen LogP contribution in [0.2, 0.25) is 0 Å². The molecular weight excluding hydrogens is 470 g/mol. The first-order valence-corrected chi connectivity index (χ1v) is 11.6. The van der Waals surface area contributed by atoms with E-state index in [-0.39, 0.29) is 5.82 Å². The first-order chi connectivity index (χ1) is 14.9. The van der Waals surface area contributed by atoms with Crippen LogP contribution in [-0.2, 0) is 4.74 Å². The summed E-state index contributed by atoms with van der Waals surface area (Å²) in [6.45, 7) is 13.9. The van der Waals surface area contributed by atoms with Gasteiger partial charge in [-0.15, -0.1) is 0 Å². The molecule has 1 aromatic heterocycles. The molecule has 0 radical (unpaired) electrons. The molecule has 0 bridgehead atoms. The molecule has 3 rings (SSSR count). The Labute approximate surface area is 199 Å². The van der Waals surface area contributed by atoms with Gasteiger partial charge in [0.05, 0.1) is 0 Å². The number of carbonyl (C=O) groups excluding carboxylic acids is 1. The molecular formula is C24H34BrN5O2. The highest BCUT2D eigenvalue weighted by molar-refractivity contribution is 9.10. The Hall–Kier alpha value is -2.45. The van der Waals surface area contributed by atoms with Crippen LogP contribution in [0.4, 0.5) is 16.3 Å². The monoisotopic (exact) mass is 503 g/mol. The van der Waals surface area contributed by atoms with Crippen LogP contribution >= 0.6 is 15.9 Å².